The van der Waals surface area contributed by atoms with E-state index in [0.717, 1.165) is 5.69 Å². The van der Waals surface area contributed by atoms with E-state index in [0.29, 0.717) is 13.1 Å². The van der Waals surface area contributed by atoms with Gasteiger partial charge in [0.05, 0.1) is 12.0 Å². The van der Waals surface area contributed by atoms with Crippen molar-refractivity contribution in [1.29, 1.82) is 5.26 Å². The van der Waals surface area contributed by atoms with Gasteiger partial charge in [-0.3, -0.25) is 11.3 Å². The topological polar surface area (TPSA) is 65.1 Å². The number of nitrogens with one attached hydrogen (secondary N) is 1. The van der Waals surface area contributed by atoms with E-state index in [1.807, 2.05) is 42.3 Å². The Labute approximate surface area is 90.3 Å². The molecule has 0 heterocycles. The van der Waals surface area contributed by atoms with E-state index in [1.54, 1.807) is 0 Å². The maximum absolute atomic E-state index is 8.88. The maximum Gasteiger partial charge on any atom is 0.0776 e. The molecule has 3 N–H and O–H groups in total. The van der Waals surface area contributed by atoms with Crippen LogP contribution in [0.1, 0.15) is 0 Å². The van der Waals surface area contributed by atoms with Crippen LogP contribution in [-0.4, -0.2) is 20.1 Å². The number of para-hydroxylation sites is 1. The Balaban J connectivity index is 2.55. The molecule has 0 saturated heterocycles. The van der Waals surface area contributed by atoms with Crippen LogP contribution in [0.5, 0.6) is 0 Å². The molecule has 0 aliphatic carbocycles. The first-order valence-corrected chi connectivity index (χ1v) is 4.87. The summed E-state index contributed by atoms with van der Waals surface area (Å²) in [4.78, 5) is 2.05. The monoisotopic (exact) mass is 204 g/mol. The molecule has 1 aromatic rings. The lowest BCUT2D eigenvalue weighted by molar-refractivity contribution is 0.579. The van der Waals surface area contributed by atoms with Crippen LogP contribution >= 0.6 is 0 Å². The molecule has 4 heteroatoms. The van der Waals surface area contributed by atoms with E-state index < -0.39 is 0 Å². The Morgan fingerprint density at radius 1 is 1.47 bits per heavy atom. The maximum atomic E-state index is 8.88. The van der Waals surface area contributed by atoms with E-state index in [2.05, 4.69) is 11.5 Å². The van der Waals surface area contributed by atoms with Gasteiger partial charge in [0.2, 0.25) is 0 Å². The molecule has 0 spiro atoms. The molecule has 0 radical (unpaired) electrons. The summed E-state index contributed by atoms with van der Waals surface area (Å²) >= 11 is 0. The van der Waals surface area contributed by atoms with Crippen LogP contribution < -0.4 is 16.2 Å². The first kappa shape index (κ1) is 11.5. The Morgan fingerprint density at radius 3 is 2.67 bits per heavy atom. The molecule has 0 aliphatic rings. The smallest absolute Gasteiger partial charge is 0.0776 e. The van der Waals surface area contributed by atoms with Crippen LogP contribution in [0.2, 0.25) is 0 Å². The van der Waals surface area contributed by atoms with Crippen LogP contribution in [0.4, 0.5) is 5.69 Å². The van der Waals surface area contributed by atoms with Crippen molar-refractivity contribution in [2.75, 3.05) is 25.0 Å². The van der Waals surface area contributed by atoms with Gasteiger partial charge in [-0.25, -0.2) is 0 Å². The SMILES string of the molecule is CN(CC(C#N)CNN)c1ccccc1. The van der Waals surface area contributed by atoms with Gasteiger partial charge in [-0.1, -0.05) is 18.2 Å². The molecule has 1 atom stereocenters. The van der Waals surface area contributed by atoms with Crippen molar-refractivity contribution in [3.8, 4) is 6.07 Å². The van der Waals surface area contributed by atoms with Crippen molar-refractivity contribution in [1.82, 2.24) is 5.43 Å². The third-order valence-corrected chi connectivity index (χ3v) is 2.24. The minimum Gasteiger partial charge on any atom is -0.373 e. The van der Waals surface area contributed by atoms with E-state index in [4.69, 9.17) is 11.1 Å². The van der Waals surface area contributed by atoms with Crippen LogP contribution in [0.15, 0.2) is 30.3 Å². The van der Waals surface area contributed by atoms with Gasteiger partial charge in [0.25, 0.3) is 0 Å². The average Bonchev–Trinajstić information content (AvgIpc) is 2.29. The minimum atomic E-state index is -0.0970. The summed E-state index contributed by atoms with van der Waals surface area (Å²) in [6.45, 7) is 1.18. The first-order valence-electron chi connectivity index (χ1n) is 4.87. The quantitative estimate of drug-likeness (QED) is 0.548. The van der Waals surface area contributed by atoms with Crippen molar-refractivity contribution in [2.45, 2.75) is 0 Å². The summed E-state index contributed by atoms with van der Waals surface area (Å²) in [5, 5.41) is 8.88. The number of anilines is 1. The zero-order valence-electron chi connectivity index (χ0n) is 8.85. The van der Waals surface area contributed by atoms with Gasteiger partial charge >= 0.3 is 0 Å². The van der Waals surface area contributed by atoms with Crippen LogP contribution in [0.25, 0.3) is 0 Å². The van der Waals surface area contributed by atoms with Gasteiger partial charge in [-0.15, -0.1) is 0 Å². The number of nitrogens with zero attached hydrogens (tertiary/aromatic N) is 2. The highest BCUT2D eigenvalue weighted by Gasteiger charge is 2.09. The summed E-state index contributed by atoms with van der Waals surface area (Å²) in [5.74, 6) is 5.10. The second-order valence-corrected chi connectivity index (χ2v) is 3.45. The van der Waals surface area contributed by atoms with Crippen molar-refractivity contribution < 1.29 is 0 Å². The summed E-state index contributed by atoms with van der Waals surface area (Å²) in [6.07, 6.45) is 0. The largest absolute Gasteiger partial charge is 0.373 e. The van der Waals surface area contributed by atoms with Gasteiger partial charge in [0, 0.05) is 25.8 Å². The molecular weight excluding hydrogens is 188 g/mol. The predicted octanol–water partition coefficient (Wildman–Crippen LogP) is 0.726. The van der Waals surface area contributed by atoms with Crippen molar-refractivity contribution in [3.05, 3.63) is 30.3 Å². The number of nitrogens with two attached hydrogens (primary N) is 1. The van der Waals surface area contributed by atoms with Crippen molar-refractivity contribution in [3.63, 3.8) is 0 Å². The van der Waals surface area contributed by atoms with Crippen LogP contribution in [0.3, 0.4) is 0 Å². The average molecular weight is 204 g/mol. The molecule has 1 unspecified atom stereocenters. The van der Waals surface area contributed by atoms with E-state index in [9.17, 15) is 0 Å². The fraction of sp³-hybridized carbons (Fsp3) is 0.364. The Morgan fingerprint density at radius 2 is 2.13 bits per heavy atom. The zero-order valence-corrected chi connectivity index (χ0v) is 8.85. The lowest BCUT2D eigenvalue weighted by atomic mass is 10.1. The van der Waals surface area contributed by atoms with Gasteiger partial charge in [0.15, 0.2) is 0 Å². The molecule has 1 aromatic carbocycles. The molecule has 4 nitrogen and oxygen atoms in total. The van der Waals surface area contributed by atoms with Gasteiger partial charge in [0.1, 0.15) is 0 Å². The van der Waals surface area contributed by atoms with Crippen LogP contribution in [0, 0.1) is 17.2 Å². The molecule has 80 valence electrons. The fourth-order valence-electron chi connectivity index (χ4n) is 1.41. The third kappa shape index (κ3) is 3.58. The standard InChI is InChI=1S/C11H16N4/c1-15(9-10(7-12)8-14-13)11-5-3-2-4-6-11/h2-6,10,14H,8-9,13H2,1H3. The normalized spacial score (nSPS) is 11.8. The molecule has 0 fully saturated rings. The number of hydrogen-bond acceptors (Lipinski definition) is 4. The number of nitriles is 1. The second kappa shape index (κ2) is 6.02. The molecule has 0 saturated carbocycles. The Hall–Kier alpha value is -1.57. The molecule has 0 amide bonds. The number of benzene rings is 1. The molecule has 1 rings (SSSR count). The molecule has 15 heavy (non-hydrogen) atoms. The Kier molecular flexibility index (Phi) is 4.61. The lowest BCUT2D eigenvalue weighted by Crippen LogP contribution is -2.34. The van der Waals surface area contributed by atoms with E-state index in [-0.39, 0.29) is 5.92 Å². The molecule has 0 bridgehead atoms. The lowest BCUT2D eigenvalue weighted by Gasteiger charge is -2.21. The first-order chi connectivity index (χ1) is 7.27. The van der Waals surface area contributed by atoms with Gasteiger partial charge in [-0.05, 0) is 12.1 Å². The van der Waals surface area contributed by atoms with Crippen molar-refractivity contribution >= 4 is 5.69 Å². The highest BCUT2D eigenvalue weighted by Crippen LogP contribution is 2.12. The summed E-state index contributed by atoms with van der Waals surface area (Å²) in [5.41, 5.74) is 3.63. The summed E-state index contributed by atoms with van der Waals surface area (Å²) < 4.78 is 0. The molecular formula is C11H16N4. The number of hydrogen-bond donors (Lipinski definition) is 2. The molecule has 0 aromatic heterocycles. The van der Waals surface area contributed by atoms with E-state index in [1.165, 1.54) is 0 Å². The Bertz CT molecular complexity index is 317. The summed E-state index contributed by atoms with van der Waals surface area (Å²) in [7, 11) is 1.97. The van der Waals surface area contributed by atoms with Gasteiger partial charge in [-0.2, -0.15) is 5.26 Å². The highest BCUT2D eigenvalue weighted by atomic mass is 15.2. The second-order valence-electron chi connectivity index (χ2n) is 3.45. The van der Waals surface area contributed by atoms with Gasteiger partial charge < -0.3 is 4.90 Å². The number of rotatable bonds is 5. The minimum absolute atomic E-state index is 0.0970. The zero-order chi connectivity index (χ0) is 11.1. The molecule has 0 aliphatic heterocycles. The van der Waals surface area contributed by atoms with Crippen LogP contribution in [-0.2, 0) is 0 Å². The van der Waals surface area contributed by atoms with Crippen molar-refractivity contribution in [2.24, 2.45) is 11.8 Å². The van der Waals surface area contributed by atoms with E-state index >= 15 is 0 Å². The summed E-state index contributed by atoms with van der Waals surface area (Å²) in [6, 6.07) is 12.2. The third-order valence-electron chi connectivity index (χ3n) is 2.24. The predicted molar refractivity (Wildman–Crippen MR) is 61.0 cm³/mol. The highest BCUT2D eigenvalue weighted by molar-refractivity contribution is 5.45. The number of hydrazine groups is 1. The fourth-order valence-corrected chi connectivity index (χ4v) is 1.41.